The third kappa shape index (κ3) is 2.37. The number of halogens is 1. The van der Waals surface area contributed by atoms with E-state index in [4.69, 9.17) is 4.74 Å². The van der Waals surface area contributed by atoms with Gasteiger partial charge in [0.1, 0.15) is 0 Å². The summed E-state index contributed by atoms with van der Waals surface area (Å²) in [5.41, 5.74) is 1.32. The number of thiophene rings is 1. The van der Waals surface area contributed by atoms with Gasteiger partial charge in [-0.25, -0.2) is 0 Å². The molecule has 1 N–H and O–H groups in total. The molecule has 4 heteroatoms. The fourth-order valence-electron chi connectivity index (χ4n) is 1.82. The first-order chi connectivity index (χ1) is 6.79. The van der Waals surface area contributed by atoms with Crippen LogP contribution in [0, 0.1) is 0 Å². The van der Waals surface area contributed by atoms with E-state index in [2.05, 4.69) is 32.7 Å². The van der Waals surface area contributed by atoms with E-state index < -0.39 is 0 Å². The van der Waals surface area contributed by atoms with Crippen molar-refractivity contribution in [1.82, 2.24) is 5.32 Å². The molecule has 0 spiro atoms. The molecule has 1 aromatic rings. The summed E-state index contributed by atoms with van der Waals surface area (Å²) in [6.45, 7) is 0.960. The second kappa shape index (κ2) is 4.75. The quantitative estimate of drug-likeness (QED) is 0.916. The third-order valence-corrected chi connectivity index (χ3v) is 4.02. The second-order valence-corrected chi connectivity index (χ2v) is 5.86. The van der Waals surface area contributed by atoms with E-state index in [1.165, 1.54) is 15.8 Å². The zero-order valence-corrected chi connectivity index (χ0v) is 10.5. The van der Waals surface area contributed by atoms with Crippen LogP contribution in [0.4, 0.5) is 0 Å². The molecule has 2 atom stereocenters. The lowest BCUT2D eigenvalue weighted by atomic mass is 10.1. The van der Waals surface area contributed by atoms with E-state index in [1.807, 2.05) is 7.05 Å². The molecule has 2 unspecified atom stereocenters. The smallest absolute Gasteiger partial charge is 0.0838 e. The maximum atomic E-state index is 5.92. The Morgan fingerprint density at radius 2 is 2.50 bits per heavy atom. The van der Waals surface area contributed by atoms with Crippen LogP contribution in [0.15, 0.2) is 15.2 Å². The molecule has 0 bridgehead atoms. The monoisotopic (exact) mass is 275 g/mol. The zero-order valence-electron chi connectivity index (χ0n) is 8.13. The van der Waals surface area contributed by atoms with Crippen LogP contribution in [0.5, 0.6) is 0 Å². The van der Waals surface area contributed by atoms with Gasteiger partial charge in [0.25, 0.3) is 0 Å². The highest BCUT2D eigenvalue weighted by Crippen LogP contribution is 2.35. The van der Waals surface area contributed by atoms with E-state index in [9.17, 15) is 0 Å². The van der Waals surface area contributed by atoms with Crippen molar-refractivity contribution in [3.63, 3.8) is 0 Å². The lowest BCUT2D eigenvalue weighted by molar-refractivity contribution is 0.0462. The number of rotatable bonds is 3. The molecule has 1 aliphatic heterocycles. The summed E-state index contributed by atoms with van der Waals surface area (Å²) in [7, 11) is 1.97. The number of likely N-dealkylation sites (N-methyl/N-ethyl adjacent to an activating group) is 1. The zero-order chi connectivity index (χ0) is 9.97. The number of hydrogen-bond donors (Lipinski definition) is 1. The topological polar surface area (TPSA) is 21.3 Å². The molecule has 1 aliphatic rings. The van der Waals surface area contributed by atoms with Crippen LogP contribution in [-0.2, 0) is 4.74 Å². The minimum atomic E-state index is 0.316. The summed E-state index contributed by atoms with van der Waals surface area (Å²) in [4.78, 5) is 0. The Morgan fingerprint density at radius 1 is 1.64 bits per heavy atom. The lowest BCUT2D eigenvalue weighted by Gasteiger charge is -2.11. The van der Waals surface area contributed by atoms with Gasteiger partial charge in [-0.2, -0.15) is 0 Å². The SMILES string of the molecule is CNCC1CCC(c2csc(Br)c2)O1. The maximum Gasteiger partial charge on any atom is 0.0838 e. The summed E-state index contributed by atoms with van der Waals surface area (Å²) in [5, 5.41) is 5.33. The maximum absolute atomic E-state index is 5.92. The van der Waals surface area contributed by atoms with E-state index in [0.717, 1.165) is 13.0 Å². The molecule has 14 heavy (non-hydrogen) atoms. The molecular weight excluding hydrogens is 262 g/mol. The Labute approximate surface area is 96.8 Å². The van der Waals surface area contributed by atoms with Crippen molar-refractivity contribution in [2.75, 3.05) is 13.6 Å². The van der Waals surface area contributed by atoms with E-state index >= 15 is 0 Å². The first-order valence-corrected chi connectivity index (χ1v) is 6.51. The number of ether oxygens (including phenoxy) is 1. The largest absolute Gasteiger partial charge is 0.369 e. The van der Waals surface area contributed by atoms with E-state index in [1.54, 1.807) is 11.3 Å². The van der Waals surface area contributed by atoms with Gasteiger partial charge >= 0.3 is 0 Å². The Kier molecular flexibility index (Phi) is 3.60. The average Bonchev–Trinajstić information content (AvgIpc) is 2.74. The average molecular weight is 276 g/mol. The van der Waals surface area contributed by atoms with Gasteiger partial charge < -0.3 is 10.1 Å². The van der Waals surface area contributed by atoms with Gasteiger partial charge in [-0.15, -0.1) is 11.3 Å². The molecule has 1 aromatic heterocycles. The Morgan fingerprint density at radius 3 is 3.14 bits per heavy atom. The van der Waals surface area contributed by atoms with Gasteiger partial charge in [-0.1, -0.05) is 0 Å². The molecule has 78 valence electrons. The molecule has 2 heterocycles. The van der Waals surface area contributed by atoms with Crippen molar-refractivity contribution in [2.45, 2.75) is 25.0 Å². The first-order valence-electron chi connectivity index (χ1n) is 4.83. The van der Waals surface area contributed by atoms with Crippen molar-refractivity contribution in [3.05, 3.63) is 20.8 Å². The van der Waals surface area contributed by atoms with Crippen LogP contribution in [-0.4, -0.2) is 19.7 Å². The fraction of sp³-hybridized carbons (Fsp3) is 0.600. The molecule has 0 aromatic carbocycles. The van der Waals surface area contributed by atoms with Gasteiger partial charge in [-0.05, 0) is 52.8 Å². The summed E-state index contributed by atoms with van der Waals surface area (Å²) in [5.74, 6) is 0. The van der Waals surface area contributed by atoms with Crippen molar-refractivity contribution in [3.8, 4) is 0 Å². The highest BCUT2D eigenvalue weighted by molar-refractivity contribution is 9.11. The molecular formula is C10H14BrNOS. The first kappa shape index (κ1) is 10.6. The van der Waals surface area contributed by atoms with Crippen molar-refractivity contribution in [2.24, 2.45) is 0 Å². The standard InChI is InChI=1S/C10H14BrNOS/c1-12-5-8-2-3-9(13-8)7-4-10(11)14-6-7/h4,6,8-9,12H,2-3,5H2,1H3. The van der Waals surface area contributed by atoms with Gasteiger partial charge in [0.2, 0.25) is 0 Å². The van der Waals surface area contributed by atoms with Crippen LogP contribution >= 0.6 is 27.3 Å². The molecule has 2 rings (SSSR count). The lowest BCUT2D eigenvalue weighted by Crippen LogP contribution is -2.22. The molecule has 0 amide bonds. The van der Waals surface area contributed by atoms with Gasteiger partial charge in [-0.3, -0.25) is 0 Å². The normalized spacial score (nSPS) is 27.0. The molecule has 1 fully saturated rings. The van der Waals surface area contributed by atoms with Crippen LogP contribution in [0.25, 0.3) is 0 Å². The molecule has 0 radical (unpaired) electrons. The van der Waals surface area contributed by atoms with Gasteiger partial charge in [0.15, 0.2) is 0 Å². The molecule has 0 saturated carbocycles. The summed E-state index contributed by atoms with van der Waals surface area (Å²) in [6, 6.07) is 2.16. The Hall–Kier alpha value is 0.1000. The third-order valence-electron chi connectivity index (χ3n) is 2.50. The second-order valence-electron chi connectivity index (χ2n) is 3.57. The summed E-state index contributed by atoms with van der Waals surface area (Å²) >= 11 is 5.20. The van der Waals surface area contributed by atoms with Crippen LogP contribution in [0.2, 0.25) is 0 Å². The minimum absolute atomic E-state index is 0.316. The predicted octanol–water partition coefficient (Wildman–Crippen LogP) is 2.95. The van der Waals surface area contributed by atoms with Crippen LogP contribution in [0.1, 0.15) is 24.5 Å². The van der Waals surface area contributed by atoms with Gasteiger partial charge in [0, 0.05) is 6.54 Å². The molecule has 1 saturated heterocycles. The summed E-state index contributed by atoms with van der Waals surface area (Å²) in [6.07, 6.45) is 3.02. The van der Waals surface area contributed by atoms with Crippen molar-refractivity contribution in [1.29, 1.82) is 0 Å². The highest BCUT2D eigenvalue weighted by Gasteiger charge is 2.26. The number of nitrogens with one attached hydrogen (secondary N) is 1. The molecule has 0 aliphatic carbocycles. The van der Waals surface area contributed by atoms with Crippen molar-refractivity contribution >= 4 is 27.3 Å². The minimum Gasteiger partial charge on any atom is -0.369 e. The van der Waals surface area contributed by atoms with Crippen LogP contribution < -0.4 is 5.32 Å². The van der Waals surface area contributed by atoms with E-state index in [0.29, 0.717) is 12.2 Å². The van der Waals surface area contributed by atoms with Gasteiger partial charge in [0.05, 0.1) is 16.0 Å². The Balaban J connectivity index is 1.95. The predicted molar refractivity (Wildman–Crippen MR) is 62.8 cm³/mol. The Bertz CT molecular complexity index is 302. The highest BCUT2D eigenvalue weighted by atomic mass is 79.9. The van der Waals surface area contributed by atoms with E-state index in [-0.39, 0.29) is 0 Å². The van der Waals surface area contributed by atoms with Crippen molar-refractivity contribution < 1.29 is 4.74 Å². The summed E-state index contributed by atoms with van der Waals surface area (Å²) < 4.78 is 7.11. The fourth-order valence-corrected chi connectivity index (χ4v) is 3.04. The number of hydrogen-bond acceptors (Lipinski definition) is 3. The van der Waals surface area contributed by atoms with Crippen LogP contribution in [0.3, 0.4) is 0 Å². The molecule has 2 nitrogen and oxygen atoms in total.